The topological polar surface area (TPSA) is 131 Å². The summed E-state index contributed by atoms with van der Waals surface area (Å²) in [6.07, 6.45) is 12.7. The number of aliphatic hydroxyl groups excluding tert-OH is 1. The highest BCUT2D eigenvalue weighted by Crippen LogP contribution is 2.78. The molecule has 2 aromatic carbocycles. The number of aliphatic hydroxyl groups is 2. The summed E-state index contributed by atoms with van der Waals surface area (Å²) < 4.78 is 22.2. The first-order valence-corrected chi connectivity index (χ1v) is 19.2. The minimum Gasteiger partial charge on any atom is -0.497 e. The lowest BCUT2D eigenvalue weighted by molar-refractivity contribution is -0.174. The third kappa shape index (κ3) is 5.27. The number of Topliss-reactive ketones (excluding diaryl/α,β-unsaturated/α-hetero) is 1. The van der Waals surface area contributed by atoms with Crippen LogP contribution in [0.1, 0.15) is 74.9 Å². The molecule has 6 aliphatic carbocycles. The molecule has 1 unspecified atom stereocenters. The number of furan rings is 1. The molecule has 3 aromatic rings. The SMILES string of the molecule is COc1ccc(NC(=O)N(Cc2ccc(OC)cc2OC)C[C@]2(O)CC[C@H]3[C@]45C=C[C@@]6(C=C4C(=O)c4ccco4)CC(O)CC[C@]6(C)[C@H]5CC[C@@]32C)cc1. The van der Waals surface area contributed by atoms with Gasteiger partial charge in [0.1, 0.15) is 17.2 Å². The highest BCUT2D eigenvalue weighted by Gasteiger charge is 2.74. The third-order valence-electron chi connectivity index (χ3n) is 14.6. The molecular weight excluding hydrogens is 684 g/mol. The number of anilines is 1. The molecule has 8 atom stereocenters. The van der Waals surface area contributed by atoms with Crippen molar-refractivity contribution in [3.05, 3.63) is 96.0 Å². The van der Waals surface area contributed by atoms with Gasteiger partial charge >= 0.3 is 6.03 Å². The molecule has 9 rings (SSSR count). The largest absolute Gasteiger partial charge is 0.497 e. The van der Waals surface area contributed by atoms with E-state index in [2.05, 4.69) is 37.4 Å². The molecule has 10 nitrogen and oxygen atoms in total. The van der Waals surface area contributed by atoms with E-state index in [0.717, 1.165) is 36.8 Å². The van der Waals surface area contributed by atoms with Crippen molar-refractivity contribution in [2.75, 3.05) is 33.2 Å². The minimum absolute atomic E-state index is 0.0697. The number of fused-ring (bicyclic) bond motifs is 1. The van der Waals surface area contributed by atoms with Crippen LogP contribution in [0.25, 0.3) is 0 Å². The summed E-state index contributed by atoms with van der Waals surface area (Å²) in [4.78, 5) is 30.6. The van der Waals surface area contributed by atoms with Crippen molar-refractivity contribution in [3.63, 3.8) is 0 Å². The van der Waals surface area contributed by atoms with Crippen LogP contribution >= 0.6 is 0 Å². The van der Waals surface area contributed by atoms with Crippen LogP contribution in [0.5, 0.6) is 17.2 Å². The highest BCUT2D eigenvalue weighted by molar-refractivity contribution is 6.08. The monoisotopic (exact) mass is 736 g/mol. The van der Waals surface area contributed by atoms with E-state index in [0.29, 0.717) is 48.0 Å². The van der Waals surface area contributed by atoms with Crippen LogP contribution in [0.2, 0.25) is 0 Å². The van der Waals surface area contributed by atoms with Crippen LogP contribution < -0.4 is 19.5 Å². The van der Waals surface area contributed by atoms with Crippen molar-refractivity contribution in [2.45, 2.75) is 77.0 Å². The number of nitrogens with one attached hydrogen (secondary N) is 1. The van der Waals surface area contributed by atoms with E-state index < -0.39 is 27.9 Å². The summed E-state index contributed by atoms with van der Waals surface area (Å²) in [5.74, 6) is 2.13. The molecule has 0 saturated heterocycles. The number of hydrogen-bond acceptors (Lipinski definition) is 8. The molecule has 2 amide bonds. The Hall–Kier alpha value is -4.54. The summed E-state index contributed by atoms with van der Waals surface area (Å²) in [6, 6.07) is 15.8. The number of benzene rings is 2. The Bertz CT molecular complexity index is 1990. The van der Waals surface area contributed by atoms with E-state index in [4.69, 9.17) is 18.6 Å². The molecule has 6 aliphatic rings. The van der Waals surface area contributed by atoms with Gasteiger partial charge in [-0.2, -0.15) is 0 Å². The molecule has 3 N–H and O–H groups in total. The average Bonchev–Trinajstić information content (AvgIpc) is 3.81. The van der Waals surface area contributed by atoms with Gasteiger partial charge in [0.25, 0.3) is 0 Å². The molecule has 3 fully saturated rings. The summed E-state index contributed by atoms with van der Waals surface area (Å²) in [5, 5.41) is 27.2. The van der Waals surface area contributed by atoms with E-state index in [-0.39, 0.29) is 42.2 Å². The molecule has 0 radical (unpaired) electrons. The Morgan fingerprint density at radius 2 is 1.59 bits per heavy atom. The van der Waals surface area contributed by atoms with Crippen molar-refractivity contribution >= 4 is 17.5 Å². The average molecular weight is 737 g/mol. The second kappa shape index (κ2) is 13.0. The molecule has 2 bridgehead atoms. The Balaban J connectivity index is 1.18. The molecular formula is C44H52N2O8. The molecule has 3 saturated carbocycles. The second-order valence-electron chi connectivity index (χ2n) is 16.8. The van der Waals surface area contributed by atoms with Gasteiger partial charge in [-0.25, -0.2) is 4.79 Å². The Kier molecular flexibility index (Phi) is 8.80. The predicted octanol–water partition coefficient (Wildman–Crippen LogP) is 7.81. The molecule has 286 valence electrons. The normalized spacial score (nSPS) is 34.6. The van der Waals surface area contributed by atoms with Gasteiger partial charge in [-0.1, -0.05) is 32.1 Å². The van der Waals surface area contributed by atoms with Gasteiger partial charge in [0.15, 0.2) is 5.76 Å². The minimum atomic E-state index is -1.28. The fourth-order valence-electron chi connectivity index (χ4n) is 11.7. The lowest BCUT2D eigenvalue weighted by Crippen LogP contribution is -2.67. The fourth-order valence-corrected chi connectivity index (χ4v) is 11.7. The van der Waals surface area contributed by atoms with Crippen LogP contribution in [-0.2, 0) is 6.54 Å². The van der Waals surface area contributed by atoms with Crippen molar-refractivity contribution in [1.29, 1.82) is 0 Å². The number of hydrogen-bond donors (Lipinski definition) is 3. The zero-order chi connectivity index (χ0) is 38.1. The molecule has 54 heavy (non-hydrogen) atoms. The van der Waals surface area contributed by atoms with Gasteiger partial charge in [-0.15, -0.1) is 0 Å². The van der Waals surface area contributed by atoms with E-state index >= 15 is 0 Å². The number of carbonyl (C=O) groups excluding carboxylic acids is 2. The molecule has 0 aliphatic heterocycles. The van der Waals surface area contributed by atoms with Gasteiger partial charge in [0.2, 0.25) is 5.78 Å². The van der Waals surface area contributed by atoms with Crippen LogP contribution in [0, 0.1) is 33.5 Å². The maximum atomic E-state index is 14.6. The molecule has 1 heterocycles. The lowest BCUT2D eigenvalue weighted by atomic mass is 9.32. The summed E-state index contributed by atoms with van der Waals surface area (Å²) >= 11 is 0. The number of carbonyl (C=O) groups is 2. The Labute approximate surface area is 317 Å². The lowest BCUT2D eigenvalue weighted by Gasteiger charge is -2.71. The van der Waals surface area contributed by atoms with Gasteiger partial charge in [0, 0.05) is 39.1 Å². The van der Waals surface area contributed by atoms with Crippen molar-refractivity contribution in [2.24, 2.45) is 33.5 Å². The number of urea groups is 1. The van der Waals surface area contributed by atoms with Gasteiger partial charge < -0.3 is 39.1 Å². The van der Waals surface area contributed by atoms with E-state index in [1.54, 1.807) is 68.7 Å². The number of nitrogens with zero attached hydrogens (tertiary/aromatic N) is 1. The number of methoxy groups -OCH3 is 3. The van der Waals surface area contributed by atoms with E-state index in [1.165, 1.54) is 6.26 Å². The summed E-state index contributed by atoms with van der Waals surface area (Å²) in [7, 11) is 4.78. The predicted molar refractivity (Wildman–Crippen MR) is 204 cm³/mol. The van der Waals surface area contributed by atoms with Crippen LogP contribution in [0.3, 0.4) is 0 Å². The Morgan fingerprint density at radius 1 is 0.889 bits per heavy atom. The third-order valence-corrected chi connectivity index (χ3v) is 14.6. The van der Waals surface area contributed by atoms with E-state index in [9.17, 15) is 19.8 Å². The first-order chi connectivity index (χ1) is 25.8. The van der Waals surface area contributed by atoms with Gasteiger partial charge in [0.05, 0.1) is 52.4 Å². The maximum Gasteiger partial charge on any atom is 0.322 e. The second-order valence-corrected chi connectivity index (χ2v) is 16.8. The van der Waals surface area contributed by atoms with Crippen LogP contribution in [-0.4, -0.2) is 66.5 Å². The smallest absolute Gasteiger partial charge is 0.322 e. The van der Waals surface area contributed by atoms with Crippen LogP contribution in [0.15, 0.2) is 89.1 Å². The van der Waals surface area contributed by atoms with Crippen LogP contribution in [0.4, 0.5) is 10.5 Å². The number of ketones is 1. The summed E-state index contributed by atoms with van der Waals surface area (Å²) in [5.41, 5.74) is -1.07. The zero-order valence-corrected chi connectivity index (χ0v) is 31.9. The Morgan fingerprint density at radius 3 is 2.30 bits per heavy atom. The van der Waals surface area contributed by atoms with Crippen molar-refractivity contribution in [3.8, 4) is 17.2 Å². The first kappa shape index (κ1) is 36.4. The molecule has 1 aromatic heterocycles. The van der Waals surface area contributed by atoms with Crippen molar-refractivity contribution < 1.29 is 38.4 Å². The quantitative estimate of drug-likeness (QED) is 0.142. The zero-order valence-electron chi connectivity index (χ0n) is 31.9. The fraction of sp³-hybridized carbons (Fsp3) is 0.500. The first-order valence-electron chi connectivity index (χ1n) is 19.2. The molecule has 2 spiro atoms. The van der Waals surface area contributed by atoms with E-state index in [1.807, 2.05) is 12.1 Å². The van der Waals surface area contributed by atoms with Gasteiger partial charge in [-0.05, 0) is 111 Å². The number of rotatable bonds is 10. The maximum absolute atomic E-state index is 14.6. The number of ether oxygens (including phenoxy) is 3. The van der Waals surface area contributed by atoms with Gasteiger partial charge in [-0.3, -0.25) is 4.79 Å². The molecule has 10 heteroatoms. The standard InChI is InChI=1S/C44H52N2O8/c1-40-17-14-30(47)24-42(40)20-21-44(33(25-42)38(48)34-7-6-22-54-34)36(40)15-18-41(2)37(44)16-19-43(41,50)27-46(26-28-8-11-32(52-4)23-35(28)53-5)39(49)45-29-9-12-31(51-3)13-10-29/h6-13,20-23,25,30,36-37,47,50H,14-19,24,26-27H2,1-5H3,(H,45,49)/t30?,36-,37-,40-,41+,42+,43-,44-/m1/s1. The number of allylic oxidation sites excluding steroid dienone is 4. The number of amides is 2. The highest BCUT2D eigenvalue weighted by atomic mass is 16.5. The van der Waals surface area contributed by atoms with Crippen molar-refractivity contribution in [1.82, 2.24) is 4.90 Å². The summed E-state index contributed by atoms with van der Waals surface area (Å²) in [6.45, 7) is 4.79.